The summed E-state index contributed by atoms with van der Waals surface area (Å²) >= 11 is 0. The Labute approximate surface area is 130 Å². The number of hydrogen-bond acceptors (Lipinski definition) is 5. The van der Waals surface area contributed by atoms with Crippen LogP contribution in [0, 0.1) is 5.92 Å². The van der Waals surface area contributed by atoms with Gasteiger partial charge in [-0.05, 0) is 25.7 Å². The molecule has 0 saturated heterocycles. The summed E-state index contributed by atoms with van der Waals surface area (Å²) in [7, 11) is 0. The SMILES string of the molecule is CCOCCOCCOCCOCCOCCCC(C)C. The van der Waals surface area contributed by atoms with E-state index in [1.54, 1.807) is 0 Å². The summed E-state index contributed by atoms with van der Waals surface area (Å²) in [4.78, 5) is 0. The molecule has 0 rings (SSSR count). The summed E-state index contributed by atoms with van der Waals surface area (Å²) in [5.74, 6) is 0.755. The maximum atomic E-state index is 5.48. The summed E-state index contributed by atoms with van der Waals surface area (Å²) in [5.41, 5.74) is 0. The Hall–Kier alpha value is -0.200. The molecule has 0 heterocycles. The van der Waals surface area contributed by atoms with Crippen LogP contribution in [0.3, 0.4) is 0 Å². The van der Waals surface area contributed by atoms with Crippen LogP contribution in [0.15, 0.2) is 0 Å². The van der Waals surface area contributed by atoms with Crippen LogP contribution in [-0.4, -0.2) is 66.1 Å². The number of rotatable bonds is 17. The lowest BCUT2D eigenvalue weighted by Crippen LogP contribution is -2.13. The third kappa shape index (κ3) is 19.8. The molecule has 5 heteroatoms. The van der Waals surface area contributed by atoms with Crippen LogP contribution < -0.4 is 0 Å². The Bertz CT molecular complexity index is 188. The maximum absolute atomic E-state index is 5.48. The monoisotopic (exact) mass is 306 g/mol. The van der Waals surface area contributed by atoms with Gasteiger partial charge in [-0.2, -0.15) is 0 Å². The standard InChI is InChI=1S/C16H34O5/c1-4-17-8-9-19-12-13-21-15-14-20-11-10-18-7-5-6-16(2)3/h16H,4-15H2,1-3H3. The van der Waals surface area contributed by atoms with Crippen LogP contribution in [0.2, 0.25) is 0 Å². The van der Waals surface area contributed by atoms with Gasteiger partial charge in [0.2, 0.25) is 0 Å². The van der Waals surface area contributed by atoms with Gasteiger partial charge in [0.05, 0.1) is 52.9 Å². The lowest BCUT2D eigenvalue weighted by Gasteiger charge is -2.08. The van der Waals surface area contributed by atoms with E-state index in [-0.39, 0.29) is 0 Å². The van der Waals surface area contributed by atoms with E-state index >= 15 is 0 Å². The van der Waals surface area contributed by atoms with E-state index in [4.69, 9.17) is 23.7 Å². The molecule has 0 N–H and O–H groups in total. The van der Waals surface area contributed by atoms with Gasteiger partial charge in [-0.25, -0.2) is 0 Å². The minimum absolute atomic E-state index is 0.598. The highest BCUT2D eigenvalue weighted by atomic mass is 16.6. The Morgan fingerprint density at radius 1 is 0.571 bits per heavy atom. The summed E-state index contributed by atoms with van der Waals surface area (Å²) in [6.45, 7) is 13.0. The largest absolute Gasteiger partial charge is 0.379 e. The van der Waals surface area contributed by atoms with Crippen LogP contribution in [-0.2, 0) is 23.7 Å². The maximum Gasteiger partial charge on any atom is 0.0701 e. The van der Waals surface area contributed by atoms with Gasteiger partial charge in [0.25, 0.3) is 0 Å². The van der Waals surface area contributed by atoms with Gasteiger partial charge in [-0.1, -0.05) is 13.8 Å². The molecule has 0 fully saturated rings. The molecule has 0 spiro atoms. The Balaban J connectivity index is 2.93. The van der Waals surface area contributed by atoms with Crippen molar-refractivity contribution in [2.24, 2.45) is 5.92 Å². The third-order valence-corrected chi connectivity index (χ3v) is 2.76. The van der Waals surface area contributed by atoms with Crippen molar-refractivity contribution in [1.29, 1.82) is 0 Å². The second kappa shape index (κ2) is 17.9. The highest BCUT2D eigenvalue weighted by Crippen LogP contribution is 2.02. The molecule has 0 aliphatic heterocycles. The molecule has 0 bridgehead atoms. The van der Waals surface area contributed by atoms with Crippen molar-refractivity contribution in [1.82, 2.24) is 0 Å². The molecule has 0 atom stereocenters. The smallest absolute Gasteiger partial charge is 0.0701 e. The van der Waals surface area contributed by atoms with Crippen molar-refractivity contribution in [3.63, 3.8) is 0 Å². The van der Waals surface area contributed by atoms with Crippen molar-refractivity contribution in [3.8, 4) is 0 Å². The first kappa shape index (κ1) is 20.8. The summed E-state index contributed by atoms with van der Waals surface area (Å²) in [6, 6.07) is 0. The molecular formula is C16H34O5. The quantitative estimate of drug-likeness (QED) is 0.386. The first-order valence-electron chi connectivity index (χ1n) is 8.16. The van der Waals surface area contributed by atoms with Gasteiger partial charge in [0.15, 0.2) is 0 Å². The first-order valence-corrected chi connectivity index (χ1v) is 8.16. The van der Waals surface area contributed by atoms with Crippen LogP contribution in [0.4, 0.5) is 0 Å². The van der Waals surface area contributed by atoms with E-state index < -0.39 is 0 Å². The molecule has 0 aliphatic carbocycles. The lowest BCUT2D eigenvalue weighted by molar-refractivity contribution is -0.0105. The predicted octanol–water partition coefficient (Wildman–Crippen LogP) is 2.53. The molecule has 0 amide bonds. The van der Waals surface area contributed by atoms with Crippen LogP contribution in [0.5, 0.6) is 0 Å². The Kier molecular flexibility index (Phi) is 17.7. The zero-order valence-corrected chi connectivity index (χ0v) is 14.1. The lowest BCUT2D eigenvalue weighted by atomic mass is 10.1. The fourth-order valence-corrected chi connectivity index (χ4v) is 1.62. The van der Waals surface area contributed by atoms with Crippen LogP contribution in [0.1, 0.15) is 33.6 Å². The third-order valence-electron chi connectivity index (χ3n) is 2.76. The summed E-state index contributed by atoms with van der Waals surface area (Å²) in [6.07, 6.45) is 2.35. The van der Waals surface area contributed by atoms with Gasteiger partial charge in [-0.3, -0.25) is 0 Å². The highest BCUT2D eigenvalue weighted by Gasteiger charge is 1.95. The fraction of sp³-hybridized carbons (Fsp3) is 1.00. The van der Waals surface area contributed by atoms with Crippen LogP contribution >= 0.6 is 0 Å². The minimum atomic E-state index is 0.598. The van der Waals surface area contributed by atoms with E-state index in [1.807, 2.05) is 6.92 Å². The van der Waals surface area contributed by atoms with Crippen molar-refractivity contribution >= 4 is 0 Å². The molecule has 0 aromatic rings. The molecule has 0 unspecified atom stereocenters. The van der Waals surface area contributed by atoms with Crippen molar-refractivity contribution in [3.05, 3.63) is 0 Å². The second-order valence-corrected chi connectivity index (χ2v) is 5.18. The van der Waals surface area contributed by atoms with E-state index in [2.05, 4.69) is 13.8 Å². The molecule has 0 aliphatic rings. The minimum Gasteiger partial charge on any atom is -0.379 e. The van der Waals surface area contributed by atoms with Gasteiger partial charge in [-0.15, -0.1) is 0 Å². The van der Waals surface area contributed by atoms with E-state index in [0.717, 1.165) is 25.6 Å². The molecule has 128 valence electrons. The van der Waals surface area contributed by atoms with Gasteiger partial charge in [0.1, 0.15) is 0 Å². The average Bonchev–Trinajstić information content (AvgIpc) is 2.46. The zero-order valence-electron chi connectivity index (χ0n) is 14.1. The molecule has 21 heavy (non-hydrogen) atoms. The van der Waals surface area contributed by atoms with Crippen molar-refractivity contribution in [2.75, 3.05) is 66.1 Å². The van der Waals surface area contributed by atoms with E-state index in [0.29, 0.717) is 52.9 Å². The fourth-order valence-electron chi connectivity index (χ4n) is 1.62. The van der Waals surface area contributed by atoms with E-state index in [1.165, 1.54) is 6.42 Å². The van der Waals surface area contributed by atoms with Crippen molar-refractivity contribution in [2.45, 2.75) is 33.6 Å². The Morgan fingerprint density at radius 2 is 0.952 bits per heavy atom. The van der Waals surface area contributed by atoms with Gasteiger partial charge < -0.3 is 23.7 Å². The molecule has 0 aromatic carbocycles. The zero-order chi connectivity index (χ0) is 15.6. The Morgan fingerprint density at radius 3 is 1.33 bits per heavy atom. The topological polar surface area (TPSA) is 46.2 Å². The second-order valence-electron chi connectivity index (χ2n) is 5.18. The molecule has 0 aromatic heterocycles. The average molecular weight is 306 g/mol. The molecule has 0 saturated carbocycles. The van der Waals surface area contributed by atoms with Gasteiger partial charge in [0, 0.05) is 13.2 Å². The van der Waals surface area contributed by atoms with Crippen molar-refractivity contribution < 1.29 is 23.7 Å². The molecule has 5 nitrogen and oxygen atoms in total. The van der Waals surface area contributed by atoms with Gasteiger partial charge >= 0.3 is 0 Å². The predicted molar refractivity (Wildman–Crippen MR) is 83.8 cm³/mol. The number of ether oxygens (including phenoxy) is 5. The highest BCUT2D eigenvalue weighted by molar-refractivity contribution is 4.44. The van der Waals surface area contributed by atoms with E-state index in [9.17, 15) is 0 Å². The summed E-state index contributed by atoms with van der Waals surface area (Å²) < 4.78 is 26.7. The summed E-state index contributed by atoms with van der Waals surface area (Å²) in [5, 5.41) is 0. The molecule has 0 radical (unpaired) electrons. The number of hydrogen-bond donors (Lipinski definition) is 0. The first-order chi connectivity index (χ1) is 10.3. The molecular weight excluding hydrogens is 272 g/mol. The van der Waals surface area contributed by atoms with Crippen LogP contribution in [0.25, 0.3) is 0 Å². The normalized spacial score (nSPS) is 11.4.